The number of carbonyl (C=O) groups excluding carboxylic acids is 1. The molecule has 0 aromatic heterocycles. The molecule has 7 nitrogen and oxygen atoms in total. The Morgan fingerprint density at radius 2 is 1.75 bits per heavy atom. The topological polar surface area (TPSA) is 127 Å². The first-order valence-electron chi connectivity index (χ1n) is 10.6. The van der Waals surface area contributed by atoms with Gasteiger partial charge in [-0.2, -0.15) is 0 Å². The lowest BCUT2D eigenvalue weighted by Gasteiger charge is -2.26. The first kappa shape index (κ1) is 23.5. The molecule has 1 heterocycles. The van der Waals surface area contributed by atoms with Crippen LogP contribution in [-0.4, -0.2) is 36.9 Å². The van der Waals surface area contributed by atoms with E-state index in [0.29, 0.717) is 29.5 Å². The summed E-state index contributed by atoms with van der Waals surface area (Å²) in [6.45, 7) is 5.57. The lowest BCUT2D eigenvalue weighted by atomic mass is 9.93. The normalized spacial score (nSPS) is 16.6. The smallest absolute Gasteiger partial charge is 0.200 e. The fourth-order valence-corrected chi connectivity index (χ4v) is 3.75. The Balaban J connectivity index is 1.75. The van der Waals surface area contributed by atoms with Crippen molar-refractivity contribution < 1.29 is 35.1 Å². The van der Waals surface area contributed by atoms with Gasteiger partial charge in [0.25, 0.3) is 0 Å². The molecule has 2 aromatic carbocycles. The molecule has 7 heteroatoms. The molecule has 3 rings (SSSR count). The molecule has 2 aromatic rings. The van der Waals surface area contributed by atoms with E-state index in [4.69, 9.17) is 4.74 Å². The molecular formula is C25H30O7. The van der Waals surface area contributed by atoms with Crippen LogP contribution >= 0.6 is 0 Å². The van der Waals surface area contributed by atoms with E-state index in [-0.39, 0.29) is 23.7 Å². The van der Waals surface area contributed by atoms with Crippen molar-refractivity contribution in [1.29, 1.82) is 0 Å². The van der Waals surface area contributed by atoms with Gasteiger partial charge in [-0.05, 0) is 70.2 Å². The highest BCUT2D eigenvalue weighted by atomic mass is 16.5. The third-order valence-electron chi connectivity index (χ3n) is 5.62. The number of allylic oxidation sites excluding steroid dienone is 2. The Morgan fingerprint density at radius 1 is 1.09 bits per heavy atom. The molecule has 0 spiro atoms. The van der Waals surface area contributed by atoms with Crippen LogP contribution in [-0.2, 0) is 6.42 Å². The first-order valence-corrected chi connectivity index (χ1v) is 10.6. The minimum atomic E-state index is -0.768. The van der Waals surface area contributed by atoms with Gasteiger partial charge < -0.3 is 30.3 Å². The second-order valence-electron chi connectivity index (χ2n) is 9.04. The Hall–Kier alpha value is -3.19. The van der Waals surface area contributed by atoms with Crippen LogP contribution in [0.5, 0.6) is 28.7 Å². The summed E-state index contributed by atoms with van der Waals surface area (Å²) in [6.07, 6.45) is 4.09. The summed E-state index contributed by atoms with van der Waals surface area (Å²) in [4.78, 5) is 12.8. The Kier molecular flexibility index (Phi) is 6.69. The number of Topliss-reactive ketones (excluding diaryl/α,β-unsaturated/α-hetero) is 1. The molecule has 1 aliphatic heterocycles. The molecule has 0 bridgehead atoms. The summed E-state index contributed by atoms with van der Waals surface area (Å²) in [6, 6.07) is 5.51. The maximum Gasteiger partial charge on any atom is 0.200 e. The molecule has 32 heavy (non-hydrogen) atoms. The first-order chi connectivity index (χ1) is 14.9. The fraction of sp³-hybridized carbons (Fsp3) is 0.400. The molecule has 0 saturated carbocycles. The van der Waals surface area contributed by atoms with Crippen molar-refractivity contribution in [1.82, 2.24) is 0 Å². The molecule has 0 radical (unpaired) electrons. The van der Waals surface area contributed by atoms with E-state index in [1.165, 1.54) is 18.2 Å². The molecular weight excluding hydrogens is 412 g/mol. The number of aromatic hydroxyl groups is 4. The van der Waals surface area contributed by atoms with E-state index in [1.807, 2.05) is 13.0 Å². The average molecular weight is 443 g/mol. The summed E-state index contributed by atoms with van der Waals surface area (Å²) in [5.41, 5.74) is 1.77. The Bertz CT molecular complexity index is 1020. The minimum Gasteiger partial charge on any atom is -0.508 e. The number of benzene rings is 2. The molecule has 0 aliphatic carbocycles. The summed E-state index contributed by atoms with van der Waals surface area (Å²) in [5, 5.41) is 49.3. The summed E-state index contributed by atoms with van der Waals surface area (Å²) < 4.78 is 5.86. The second kappa shape index (κ2) is 9.12. The number of carbonyl (C=O) groups is 1. The van der Waals surface area contributed by atoms with Gasteiger partial charge >= 0.3 is 0 Å². The lowest BCUT2D eigenvalue weighted by molar-refractivity contribution is 0.0689. The van der Waals surface area contributed by atoms with E-state index >= 15 is 0 Å². The maximum absolute atomic E-state index is 12.8. The van der Waals surface area contributed by atoms with Crippen LogP contribution in [0.15, 0.2) is 35.9 Å². The van der Waals surface area contributed by atoms with E-state index in [9.17, 15) is 30.3 Å². The fourth-order valence-electron chi connectivity index (χ4n) is 3.75. The van der Waals surface area contributed by atoms with Crippen molar-refractivity contribution in [2.45, 2.75) is 64.6 Å². The van der Waals surface area contributed by atoms with E-state index < -0.39 is 29.0 Å². The predicted molar refractivity (Wildman–Crippen MR) is 119 cm³/mol. The highest BCUT2D eigenvalue weighted by Gasteiger charge is 2.30. The molecule has 1 aliphatic rings. The van der Waals surface area contributed by atoms with Crippen LogP contribution in [0.3, 0.4) is 0 Å². The molecule has 0 fully saturated rings. The molecule has 0 saturated heterocycles. The third-order valence-corrected chi connectivity index (χ3v) is 5.62. The zero-order valence-corrected chi connectivity index (χ0v) is 18.6. The number of ketones is 1. The number of fused-ring (bicyclic) bond motifs is 1. The van der Waals surface area contributed by atoms with E-state index in [2.05, 4.69) is 0 Å². The van der Waals surface area contributed by atoms with Gasteiger partial charge in [-0.15, -0.1) is 0 Å². The van der Waals surface area contributed by atoms with Gasteiger partial charge in [-0.1, -0.05) is 11.6 Å². The lowest BCUT2D eigenvalue weighted by Crippen LogP contribution is -2.20. The van der Waals surface area contributed by atoms with Gasteiger partial charge in [0.05, 0.1) is 17.6 Å². The summed E-state index contributed by atoms with van der Waals surface area (Å²) in [5.74, 6) is -1.61. The zero-order chi connectivity index (χ0) is 23.6. The summed E-state index contributed by atoms with van der Waals surface area (Å²) >= 11 is 0. The largest absolute Gasteiger partial charge is 0.508 e. The van der Waals surface area contributed by atoms with Gasteiger partial charge in [0.15, 0.2) is 23.0 Å². The monoisotopic (exact) mass is 442 g/mol. The quantitative estimate of drug-likeness (QED) is 0.312. The van der Waals surface area contributed by atoms with Crippen molar-refractivity contribution in [3.63, 3.8) is 0 Å². The van der Waals surface area contributed by atoms with Crippen molar-refractivity contribution in [3.8, 4) is 28.7 Å². The van der Waals surface area contributed by atoms with Crippen LogP contribution in [0.25, 0.3) is 0 Å². The highest BCUT2D eigenvalue weighted by Crippen LogP contribution is 2.42. The van der Waals surface area contributed by atoms with Crippen molar-refractivity contribution in [2.75, 3.05) is 0 Å². The van der Waals surface area contributed by atoms with Crippen molar-refractivity contribution in [2.24, 2.45) is 0 Å². The number of hydrogen-bond donors (Lipinski definition) is 5. The van der Waals surface area contributed by atoms with E-state index in [0.717, 1.165) is 18.4 Å². The zero-order valence-electron chi connectivity index (χ0n) is 18.6. The predicted octanol–water partition coefficient (Wildman–Crippen LogP) is 4.65. The van der Waals surface area contributed by atoms with Crippen molar-refractivity contribution >= 4 is 5.78 Å². The Morgan fingerprint density at radius 3 is 2.38 bits per heavy atom. The van der Waals surface area contributed by atoms with Crippen LogP contribution in [0.2, 0.25) is 0 Å². The number of phenols is 4. The van der Waals surface area contributed by atoms with Gasteiger partial charge in [-0.25, -0.2) is 0 Å². The standard InChI is InChI=1S/C25H30O7/c1-14(5-4-8-25(2,3)31)6-7-15-9-17-19(27)13-22(32-23(17)12-18(15)26)16-10-20(28)24(30)21(29)11-16/h6,9-12,22,26,28-31H,4-5,7-8,13H2,1-3H3/b14-6+. The number of ether oxygens (including phenoxy) is 1. The van der Waals surface area contributed by atoms with Gasteiger partial charge in [0.2, 0.25) is 0 Å². The van der Waals surface area contributed by atoms with Crippen LogP contribution in [0.4, 0.5) is 0 Å². The summed E-state index contributed by atoms with van der Waals surface area (Å²) in [7, 11) is 0. The molecule has 172 valence electrons. The molecule has 1 atom stereocenters. The van der Waals surface area contributed by atoms with Gasteiger partial charge in [0, 0.05) is 11.6 Å². The Labute approximate surface area is 187 Å². The van der Waals surface area contributed by atoms with Crippen LogP contribution in [0.1, 0.15) is 74.0 Å². The maximum atomic E-state index is 12.8. The molecule has 5 N–H and O–H groups in total. The third kappa shape index (κ3) is 5.53. The van der Waals surface area contributed by atoms with Gasteiger partial charge in [0.1, 0.15) is 17.6 Å². The highest BCUT2D eigenvalue weighted by molar-refractivity contribution is 6.00. The minimum absolute atomic E-state index is 0.00726. The number of hydrogen-bond acceptors (Lipinski definition) is 7. The second-order valence-corrected chi connectivity index (χ2v) is 9.04. The number of aliphatic hydroxyl groups is 1. The van der Waals surface area contributed by atoms with Gasteiger partial charge in [-0.3, -0.25) is 4.79 Å². The average Bonchev–Trinajstić information content (AvgIpc) is 2.69. The SMILES string of the molecule is C/C(=C\Cc1cc2c(cc1O)OC(c1cc(O)c(O)c(O)c1)CC2=O)CCCC(C)(C)O. The number of phenolic OH excluding ortho intramolecular Hbond substituents is 4. The van der Waals surface area contributed by atoms with Crippen LogP contribution < -0.4 is 4.74 Å². The van der Waals surface area contributed by atoms with E-state index in [1.54, 1.807) is 19.9 Å². The van der Waals surface area contributed by atoms with Crippen molar-refractivity contribution in [3.05, 3.63) is 52.6 Å². The molecule has 1 unspecified atom stereocenters. The number of rotatable bonds is 7. The van der Waals surface area contributed by atoms with Crippen LogP contribution in [0, 0.1) is 0 Å². The molecule has 0 amide bonds.